The lowest BCUT2D eigenvalue weighted by atomic mass is 9.85. The fourth-order valence-electron chi connectivity index (χ4n) is 3.82. The minimum Gasteiger partial charge on any atom is -0.340 e. The third-order valence-electron chi connectivity index (χ3n) is 5.08. The van der Waals surface area contributed by atoms with E-state index in [4.69, 9.17) is 0 Å². The van der Waals surface area contributed by atoms with E-state index >= 15 is 0 Å². The number of nitrogens with one attached hydrogen (secondary N) is 1. The molecule has 3 nitrogen and oxygen atoms in total. The molecule has 22 heavy (non-hydrogen) atoms. The first kappa shape index (κ1) is 17.3. The fraction of sp³-hybridized carbons (Fsp3) is 0.611. The van der Waals surface area contributed by atoms with Crippen molar-refractivity contribution in [3.8, 4) is 0 Å². The summed E-state index contributed by atoms with van der Waals surface area (Å²) in [5.41, 5.74) is 2.46. The van der Waals surface area contributed by atoms with Crippen LogP contribution >= 0.6 is 12.4 Å². The summed E-state index contributed by atoms with van der Waals surface area (Å²) in [6.07, 6.45) is 6.22. The molecule has 2 fully saturated rings. The molecule has 1 aliphatic heterocycles. The summed E-state index contributed by atoms with van der Waals surface area (Å²) in [5, 5.41) is 3.58. The Labute approximate surface area is 139 Å². The molecule has 2 aliphatic rings. The van der Waals surface area contributed by atoms with Gasteiger partial charge in [0, 0.05) is 19.6 Å². The molecule has 4 heteroatoms. The lowest BCUT2D eigenvalue weighted by Gasteiger charge is -2.24. The maximum atomic E-state index is 12.6. The molecule has 1 aromatic rings. The number of rotatable bonds is 3. The summed E-state index contributed by atoms with van der Waals surface area (Å²) in [7, 11) is 1.92. The van der Waals surface area contributed by atoms with E-state index in [9.17, 15) is 4.79 Å². The number of benzene rings is 1. The predicted octanol–water partition coefficient (Wildman–Crippen LogP) is 3.30. The van der Waals surface area contributed by atoms with Crippen LogP contribution in [0.4, 0.5) is 0 Å². The van der Waals surface area contributed by atoms with Crippen LogP contribution < -0.4 is 5.32 Å². The summed E-state index contributed by atoms with van der Waals surface area (Å²) in [6.45, 7) is 2.79. The molecule has 3 atom stereocenters. The predicted molar refractivity (Wildman–Crippen MR) is 92.2 cm³/mol. The van der Waals surface area contributed by atoms with E-state index in [0.29, 0.717) is 12.6 Å². The lowest BCUT2D eigenvalue weighted by molar-refractivity contribution is -0.132. The first-order valence-electron chi connectivity index (χ1n) is 8.20. The number of nitrogens with zero attached hydrogens (tertiary/aromatic N) is 1. The van der Waals surface area contributed by atoms with Gasteiger partial charge in [-0.25, -0.2) is 0 Å². The summed E-state index contributed by atoms with van der Waals surface area (Å²) in [6, 6.07) is 9.06. The van der Waals surface area contributed by atoms with Gasteiger partial charge in [0.25, 0.3) is 0 Å². The van der Waals surface area contributed by atoms with Gasteiger partial charge in [-0.3, -0.25) is 4.79 Å². The molecule has 3 unspecified atom stereocenters. The molecule has 122 valence electrons. The van der Waals surface area contributed by atoms with Gasteiger partial charge in [-0.2, -0.15) is 0 Å². The number of carbonyl (C=O) groups is 1. The lowest BCUT2D eigenvalue weighted by Crippen LogP contribution is -2.43. The van der Waals surface area contributed by atoms with Gasteiger partial charge in [-0.05, 0) is 37.7 Å². The average Bonchev–Trinajstić information content (AvgIpc) is 2.92. The summed E-state index contributed by atoms with van der Waals surface area (Å²) < 4.78 is 0. The van der Waals surface area contributed by atoms with Crippen LogP contribution in [0.25, 0.3) is 0 Å². The summed E-state index contributed by atoms with van der Waals surface area (Å²) in [4.78, 5) is 14.5. The van der Waals surface area contributed by atoms with Gasteiger partial charge in [0.05, 0.1) is 6.04 Å². The first-order chi connectivity index (χ1) is 10.1. The van der Waals surface area contributed by atoms with E-state index in [1.54, 1.807) is 0 Å². The standard InChI is InChI=1S/C18H26N2O.ClH/c1-13-7-9-14(10-8-13)12-20(2)18(21)17-11-15-5-3-4-6-16(15)19-17;/h7-10,15-17,19H,3-6,11-12H2,1-2H3;1H. The molecule has 3 rings (SSSR count). The number of fused-ring (bicyclic) bond motifs is 1. The van der Waals surface area contributed by atoms with Gasteiger partial charge < -0.3 is 10.2 Å². The number of halogens is 1. The average molecular weight is 323 g/mol. The van der Waals surface area contributed by atoms with E-state index in [2.05, 4.69) is 36.5 Å². The number of aryl methyl sites for hydroxylation is 1. The highest BCUT2D eigenvalue weighted by atomic mass is 35.5. The Morgan fingerprint density at radius 3 is 2.59 bits per heavy atom. The van der Waals surface area contributed by atoms with Crippen LogP contribution in [0.2, 0.25) is 0 Å². The van der Waals surface area contributed by atoms with Crippen LogP contribution in [0.15, 0.2) is 24.3 Å². The zero-order valence-electron chi connectivity index (χ0n) is 13.5. The zero-order chi connectivity index (χ0) is 14.8. The monoisotopic (exact) mass is 322 g/mol. The Hall–Kier alpha value is -1.06. The van der Waals surface area contributed by atoms with E-state index < -0.39 is 0 Å². The third-order valence-corrected chi connectivity index (χ3v) is 5.08. The number of likely N-dealkylation sites (N-methyl/N-ethyl adjacent to an activating group) is 1. The smallest absolute Gasteiger partial charge is 0.239 e. The Kier molecular flexibility index (Phi) is 5.87. The molecular formula is C18H27ClN2O. The molecule has 0 aromatic heterocycles. The van der Waals surface area contributed by atoms with Crippen molar-refractivity contribution in [2.24, 2.45) is 5.92 Å². The molecule has 0 bridgehead atoms. The van der Waals surface area contributed by atoms with Crippen LogP contribution in [0.1, 0.15) is 43.2 Å². The zero-order valence-corrected chi connectivity index (χ0v) is 14.4. The van der Waals surface area contributed by atoms with Crippen LogP contribution in [-0.2, 0) is 11.3 Å². The van der Waals surface area contributed by atoms with Crippen molar-refractivity contribution in [1.29, 1.82) is 0 Å². The minimum atomic E-state index is 0. The van der Waals surface area contributed by atoms with Crippen LogP contribution in [0.5, 0.6) is 0 Å². The Balaban J connectivity index is 0.00000176. The molecule has 0 spiro atoms. The fourth-order valence-corrected chi connectivity index (χ4v) is 3.82. The van der Waals surface area contributed by atoms with Crippen molar-refractivity contribution in [2.45, 2.75) is 57.7 Å². The van der Waals surface area contributed by atoms with Crippen molar-refractivity contribution in [2.75, 3.05) is 7.05 Å². The quantitative estimate of drug-likeness (QED) is 0.926. The van der Waals surface area contributed by atoms with E-state index in [1.807, 2.05) is 11.9 Å². The molecular weight excluding hydrogens is 296 g/mol. The number of hydrogen-bond acceptors (Lipinski definition) is 2. The van der Waals surface area contributed by atoms with Crippen molar-refractivity contribution < 1.29 is 4.79 Å². The van der Waals surface area contributed by atoms with Crippen LogP contribution in [0.3, 0.4) is 0 Å². The van der Waals surface area contributed by atoms with Gasteiger partial charge in [0.15, 0.2) is 0 Å². The second-order valence-corrected chi connectivity index (χ2v) is 6.79. The van der Waals surface area contributed by atoms with Gasteiger partial charge >= 0.3 is 0 Å². The van der Waals surface area contributed by atoms with Crippen LogP contribution in [-0.4, -0.2) is 29.9 Å². The SMILES string of the molecule is Cc1ccc(CN(C)C(=O)C2CC3CCCCC3N2)cc1.Cl. The number of carbonyl (C=O) groups excluding carboxylic acids is 1. The highest BCUT2D eigenvalue weighted by Crippen LogP contribution is 2.33. The van der Waals surface area contributed by atoms with Crippen molar-refractivity contribution in [3.05, 3.63) is 35.4 Å². The number of hydrogen-bond donors (Lipinski definition) is 1. The Morgan fingerprint density at radius 2 is 1.91 bits per heavy atom. The molecule has 1 aromatic carbocycles. The molecule has 1 saturated heterocycles. The van der Waals surface area contributed by atoms with Crippen molar-refractivity contribution in [1.82, 2.24) is 10.2 Å². The van der Waals surface area contributed by atoms with E-state index in [1.165, 1.54) is 36.8 Å². The largest absolute Gasteiger partial charge is 0.340 e. The molecule has 1 amide bonds. The van der Waals surface area contributed by atoms with Gasteiger partial charge in [0.2, 0.25) is 5.91 Å². The van der Waals surface area contributed by atoms with E-state index in [0.717, 1.165) is 12.3 Å². The van der Waals surface area contributed by atoms with Gasteiger partial charge in [0.1, 0.15) is 0 Å². The van der Waals surface area contributed by atoms with Crippen molar-refractivity contribution in [3.63, 3.8) is 0 Å². The molecule has 1 saturated carbocycles. The van der Waals surface area contributed by atoms with E-state index in [-0.39, 0.29) is 24.4 Å². The van der Waals surface area contributed by atoms with Gasteiger partial charge in [-0.1, -0.05) is 42.7 Å². The minimum absolute atomic E-state index is 0. The summed E-state index contributed by atoms with van der Waals surface area (Å²) in [5.74, 6) is 0.977. The van der Waals surface area contributed by atoms with Crippen molar-refractivity contribution >= 4 is 18.3 Å². The van der Waals surface area contributed by atoms with Crippen LogP contribution in [0, 0.1) is 12.8 Å². The maximum absolute atomic E-state index is 12.6. The second-order valence-electron chi connectivity index (χ2n) is 6.79. The molecule has 1 N–H and O–H groups in total. The number of amides is 1. The topological polar surface area (TPSA) is 32.3 Å². The summed E-state index contributed by atoms with van der Waals surface area (Å²) >= 11 is 0. The molecule has 1 aliphatic carbocycles. The highest BCUT2D eigenvalue weighted by Gasteiger charge is 2.39. The van der Waals surface area contributed by atoms with Gasteiger partial charge in [-0.15, -0.1) is 12.4 Å². The highest BCUT2D eigenvalue weighted by molar-refractivity contribution is 5.85. The Bertz CT molecular complexity index is 488. The molecule has 0 radical (unpaired) electrons. The Morgan fingerprint density at radius 1 is 1.23 bits per heavy atom. The maximum Gasteiger partial charge on any atom is 0.239 e. The normalized spacial score (nSPS) is 26.9. The molecule has 1 heterocycles. The second kappa shape index (κ2) is 7.47. The third kappa shape index (κ3) is 3.82. The first-order valence-corrected chi connectivity index (χ1v) is 8.20.